The molecule has 1 aromatic carbocycles. The van der Waals surface area contributed by atoms with Gasteiger partial charge in [0.15, 0.2) is 0 Å². The Labute approximate surface area is 210 Å². The summed E-state index contributed by atoms with van der Waals surface area (Å²) >= 11 is 0. The third-order valence-corrected chi connectivity index (χ3v) is 7.52. The Morgan fingerprint density at radius 2 is 1.71 bits per heavy atom. The molecule has 0 radical (unpaired) electrons. The van der Waals surface area contributed by atoms with Gasteiger partial charge in [-0.15, -0.1) is 0 Å². The lowest BCUT2D eigenvalue weighted by atomic mass is 9.86. The molecule has 1 aliphatic heterocycles. The Bertz CT molecular complexity index is 958. The maximum Gasteiger partial charge on any atom is 0.223 e. The Hall–Kier alpha value is -2.73. The quantitative estimate of drug-likeness (QED) is 0.607. The zero-order chi connectivity index (χ0) is 24.5. The lowest BCUT2D eigenvalue weighted by Crippen LogP contribution is -2.38. The van der Waals surface area contributed by atoms with E-state index >= 15 is 0 Å². The van der Waals surface area contributed by atoms with E-state index in [1.807, 2.05) is 46.3 Å². The first kappa shape index (κ1) is 25.4. The molecule has 2 heterocycles. The molecule has 1 fully saturated rings. The number of fused-ring (bicyclic) bond motifs is 1. The third kappa shape index (κ3) is 7.38. The van der Waals surface area contributed by atoms with Crippen LogP contribution in [0.25, 0.3) is 0 Å². The van der Waals surface area contributed by atoms with Gasteiger partial charge in [-0.25, -0.2) is 0 Å². The van der Waals surface area contributed by atoms with E-state index < -0.39 is 0 Å². The summed E-state index contributed by atoms with van der Waals surface area (Å²) < 4.78 is 0. The number of carbonyl (C=O) groups is 2. The molecule has 0 spiro atoms. The summed E-state index contributed by atoms with van der Waals surface area (Å²) in [6.45, 7) is 5.93. The van der Waals surface area contributed by atoms with Gasteiger partial charge in [0, 0.05) is 64.5 Å². The van der Waals surface area contributed by atoms with Crippen LogP contribution in [0.3, 0.4) is 0 Å². The number of amides is 2. The first-order valence-corrected chi connectivity index (χ1v) is 13.4. The van der Waals surface area contributed by atoms with Crippen LogP contribution in [0.2, 0.25) is 0 Å². The average molecular weight is 477 g/mol. The second-order valence-corrected chi connectivity index (χ2v) is 10.1. The fraction of sp³-hybridized carbons (Fsp3) is 0.552. The molecule has 0 atom stereocenters. The third-order valence-electron chi connectivity index (χ3n) is 7.52. The number of anilines is 1. The van der Waals surface area contributed by atoms with Crippen molar-refractivity contribution >= 4 is 17.5 Å². The molecule has 2 amide bonds. The van der Waals surface area contributed by atoms with Gasteiger partial charge < -0.3 is 9.80 Å². The highest BCUT2D eigenvalue weighted by Gasteiger charge is 2.23. The van der Waals surface area contributed by atoms with Crippen molar-refractivity contribution in [2.24, 2.45) is 5.92 Å². The molecule has 1 aromatic heterocycles. The molecule has 6 heteroatoms. The van der Waals surface area contributed by atoms with Crippen LogP contribution in [-0.2, 0) is 22.7 Å². The van der Waals surface area contributed by atoms with Crippen LogP contribution < -0.4 is 4.90 Å². The minimum atomic E-state index is 0.0446. The van der Waals surface area contributed by atoms with E-state index in [1.165, 1.54) is 32.1 Å². The van der Waals surface area contributed by atoms with Gasteiger partial charge >= 0.3 is 0 Å². The summed E-state index contributed by atoms with van der Waals surface area (Å²) in [4.78, 5) is 36.9. The lowest BCUT2D eigenvalue weighted by molar-refractivity contribution is -0.132. The van der Waals surface area contributed by atoms with E-state index in [0.29, 0.717) is 32.0 Å². The topological polar surface area (TPSA) is 56.8 Å². The molecule has 2 aromatic rings. The van der Waals surface area contributed by atoms with E-state index in [4.69, 9.17) is 0 Å². The molecule has 0 unspecified atom stereocenters. The largest absolute Gasteiger partial charge is 0.337 e. The monoisotopic (exact) mass is 476 g/mol. The number of hydrogen-bond acceptors (Lipinski definition) is 4. The van der Waals surface area contributed by atoms with E-state index in [2.05, 4.69) is 22.0 Å². The number of nitrogens with zero attached hydrogens (tertiary/aromatic N) is 4. The molecule has 4 rings (SSSR count). The highest BCUT2D eigenvalue weighted by Crippen LogP contribution is 2.28. The van der Waals surface area contributed by atoms with Crippen molar-refractivity contribution in [2.45, 2.75) is 71.4 Å². The molecule has 0 N–H and O–H groups in total. The van der Waals surface area contributed by atoms with Crippen molar-refractivity contribution in [1.29, 1.82) is 0 Å². The highest BCUT2D eigenvalue weighted by molar-refractivity contribution is 5.92. The highest BCUT2D eigenvalue weighted by atomic mass is 16.2. The van der Waals surface area contributed by atoms with E-state index in [1.54, 1.807) is 6.92 Å². The zero-order valence-electron chi connectivity index (χ0n) is 21.2. The summed E-state index contributed by atoms with van der Waals surface area (Å²) in [5.41, 5.74) is 3.01. The molecule has 1 saturated carbocycles. The van der Waals surface area contributed by atoms with Crippen molar-refractivity contribution in [2.75, 3.05) is 31.1 Å². The molecule has 188 valence electrons. The van der Waals surface area contributed by atoms with Crippen LogP contribution in [0.15, 0.2) is 48.7 Å². The molecular weight excluding hydrogens is 436 g/mol. The fourth-order valence-corrected chi connectivity index (χ4v) is 5.52. The number of hydrogen-bond donors (Lipinski definition) is 0. The number of aromatic nitrogens is 1. The fourth-order valence-electron chi connectivity index (χ4n) is 5.52. The number of rotatable bonds is 5. The maximum atomic E-state index is 13.5. The van der Waals surface area contributed by atoms with Crippen LogP contribution in [0.1, 0.15) is 69.5 Å². The molecule has 6 nitrogen and oxygen atoms in total. The predicted molar refractivity (Wildman–Crippen MR) is 140 cm³/mol. The van der Waals surface area contributed by atoms with Crippen molar-refractivity contribution in [1.82, 2.24) is 14.8 Å². The van der Waals surface area contributed by atoms with Gasteiger partial charge in [-0.05, 0) is 42.5 Å². The summed E-state index contributed by atoms with van der Waals surface area (Å²) in [5, 5.41) is 0. The van der Waals surface area contributed by atoms with Crippen molar-refractivity contribution < 1.29 is 9.59 Å². The minimum absolute atomic E-state index is 0.0446. The minimum Gasteiger partial charge on any atom is -0.337 e. The van der Waals surface area contributed by atoms with Crippen molar-refractivity contribution in [3.8, 4) is 0 Å². The smallest absolute Gasteiger partial charge is 0.223 e. The van der Waals surface area contributed by atoms with Crippen LogP contribution in [0, 0.1) is 5.92 Å². The number of pyridine rings is 1. The Kier molecular flexibility index (Phi) is 9.29. The lowest BCUT2D eigenvalue weighted by Gasteiger charge is -2.29. The Morgan fingerprint density at radius 3 is 2.49 bits per heavy atom. The van der Waals surface area contributed by atoms with Gasteiger partial charge in [-0.3, -0.25) is 19.5 Å². The number of benzene rings is 1. The van der Waals surface area contributed by atoms with Gasteiger partial charge in [0.05, 0.1) is 5.69 Å². The van der Waals surface area contributed by atoms with Crippen molar-refractivity contribution in [3.05, 3.63) is 59.9 Å². The zero-order valence-corrected chi connectivity index (χ0v) is 21.2. The number of carbonyl (C=O) groups excluding carboxylic acids is 2. The second-order valence-electron chi connectivity index (χ2n) is 10.1. The van der Waals surface area contributed by atoms with Crippen LogP contribution in [0.5, 0.6) is 0 Å². The maximum absolute atomic E-state index is 13.5. The summed E-state index contributed by atoms with van der Waals surface area (Å²) in [6, 6.07) is 14.1. The SMILES string of the molecule is CC(=O)N1CCCN(Cc2ccccn2)CCN(C(=O)CCC2CCCCC2)Cc2ccccc21. The first-order valence-electron chi connectivity index (χ1n) is 13.4. The molecular formula is C29H40N4O2. The standard InChI is InChI=1S/C29H40N4O2/c1-24(34)33-19-9-18-31(23-27-13-7-8-17-30-27)20-21-32(22-26-12-5-6-14-28(26)33)29(35)16-15-25-10-3-2-4-11-25/h5-8,12-14,17,25H,2-4,9-11,15-16,18-23H2,1H3. The van der Waals surface area contributed by atoms with Crippen molar-refractivity contribution in [3.63, 3.8) is 0 Å². The summed E-state index contributed by atoms with van der Waals surface area (Å²) in [7, 11) is 0. The average Bonchev–Trinajstić information content (AvgIpc) is 2.91. The molecule has 35 heavy (non-hydrogen) atoms. The van der Waals surface area contributed by atoms with Crippen LogP contribution in [-0.4, -0.2) is 52.8 Å². The molecule has 0 saturated heterocycles. The van der Waals surface area contributed by atoms with Gasteiger partial charge in [-0.2, -0.15) is 0 Å². The second kappa shape index (κ2) is 12.8. The van der Waals surface area contributed by atoms with E-state index in [-0.39, 0.29) is 11.8 Å². The van der Waals surface area contributed by atoms with Gasteiger partial charge in [0.2, 0.25) is 11.8 Å². The normalized spacial score (nSPS) is 18.5. The predicted octanol–water partition coefficient (Wildman–Crippen LogP) is 5.03. The first-order chi connectivity index (χ1) is 17.1. The van der Waals surface area contributed by atoms with Gasteiger partial charge in [-0.1, -0.05) is 56.4 Å². The van der Waals surface area contributed by atoms with E-state index in [0.717, 1.165) is 49.4 Å². The van der Waals surface area contributed by atoms with Gasteiger partial charge in [0.1, 0.15) is 0 Å². The van der Waals surface area contributed by atoms with E-state index in [9.17, 15) is 9.59 Å². The van der Waals surface area contributed by atoms with Gasteiger partial charge in [0.25, 0.3) is 0 Å². The summed E-state index contributed by atoms with van der Waals surface area (Å²) in [5.74, 6) is 0.970. The van der Waals surface area contributed by atoms with Crippen LogP contribution >= 0.6 is 0 Å². The molecule has 2 aliphatic rings. The molecule has 0 bridgehead atoms. The van der Waals surface area contributed by atoms with Crippen LogP contribution in [0.4, 0.5) is 5.69 Å². The Balaban J connectivity index is 1.53. The number of para-hydroxylation sites is 1. The summed E-state index contributed by atoms with van der Waals surface area (Å²) in [6.07, 6.45) is 10.8. The Morgan fingerprint density at radius 1 is 0.914 bits per heavy atom. The molecule has 1 aliphatic carbocycles.